The lowest BCUT2D eigenvalue weighted by Gasteiger charge is -2.20. The summed E-state index contributed by atoms with van der Waals surface area (Å²) in [5, 5.41) is 0. The molecule has 236 valence electrons. The van der Waals surface area contributed by atoms with Crippen LogP contribution >= 0.6 is 0 Å². The molecule has 0 aliphatic heterocycles. The van der Waals surface area contributed by atoms with E-state index < -0.39 is 0 Å². The Hall–Kier alpha value is -5.40. The van der Waals surface area contributed by atoms with Crippen LogP contribution in [-0.4, -0.2) is 4.57 Å². The van der Waals surface area contributed by atoms with Crippen molar-refractivity contribution >= 4 is 29.4 Å². The van der Waals surface area contributed by atoms with Gasteiger partial charge in [-0.1, -0.05) is 134 Å². The van der Waals surface area contributed by atoms with E-state index in [1.54, 1.807) is 0 Å². The molecule has 0 unspecified atom stereocenters. The molecule has 1 aromatic heterocycles. The Morgan fingerprint density at radius 2 is 1.40 bits per heavy atom. The van der Waals surface area contributed by atoms with E-state index in [-0.39, 0.29) is 0 Å². The van der Waals surface area contributed by atoms with Gasteiger partial charge in [-0.3, -0.25) is 0 Å². The van der Waals surface area contributed by atoms with Crippen LogP contribution in [0, 0.1) is 6.92 Å². The van der Waals surface area contributed by atoms with E-state index in [0.717, 1.165) is 37.7 Å². The highest BCUT2D eigenvalue weighted by molar-refractivity contribution is 5.86. The third kappa shape index (κ3) is 6.29. The molecule has 48 heavy (non-hydrogen) atoms. The van der Waals surface area contributed by atoms with Crippen molar-refractivity contribution in [3.8, 4) is 5.69 Å². The van der Waals surface area contributed by atoms with E-state index in [9.17, 15) is 0 Å². The molecule has 0 saturated heterocycles. The van der Waals surface area contributed by atoms with Crippen LogP contribution in [0.15, 0.2) is 157 Å². The number of benzene rings is 3. The monoisotopic (exact) mass is 621 g/mol. The highest BCUT2D eigenvalue weighted by Crippen LogP contribution is 2.38. The van der Waals surface area contributed by atoms with Gasteiger partial charge in [0.15, 0.2) is 0 Å². The van der Waals surface area contributed by atoms with Crippen molar-refractivity contribution in [1.29, 1.82) is 0 Å². The van der Waals surface area contributed by atoms with Crippen LogP contribution in [0.5, 0.6) is 0 Å². The predicted molar refractivity (Wildman–Crippen MR) is 208 cm³/mol. The number of aromatic nitrogens is 1. The van der Waals surface area contributed by atoms with Gasteiger partial charge < -0.3 is 4.57 Å². The summed E-state index contributed by atoms with van der Waals surface area (Å²) in [6.07, 6.45) is 31.7. The Morgan fingerprint density at radius 3 is 2.21 bits per heavy atom. The molecule has 1 heteroatoms. The number of fused-ring (bicyclic) bond motifs is 4. The molecule has 3 aliphatic rings. The first-order chi connectivity index (χ1) is 23.6. The molecule has 0 radical (unpaired) electrons. The summed E-state index contributed by atoms with van der Waals surface area (Å²) in [4.78, 5) is 0. The lowest BCUT2D eigenvalue weighted by Crippen LogP contribution is -2.01. The van der Waals surface area contributed by atoms with E-state index in [0.29, 0.717) is 0 Å². The summed E-state index contributed by atoms with van der Waals surface area (Å²) in [6, 6.07) is 28.8. The number of nitrogens with zero attached hydrogens (tertiary/aromatic N) is 1. The van der Waals surface area contributed by atoms with Gasteiger partial charge in [-0.2, -0.15) is 0 Å². The maximum Gasteiger partial charge on any atom is 0.0500 e. The smallest absolute Gasteiger partial charge is 0.0500 e. The normalized spacial score (nSPS) is 22.0. The quantitative estimate of drug-likeness (QED) is 0.176. The molecule has 0 atom stereocenters. The Labute approximate surface area is 286 Å². The second-order valence-electron chi connectivity index (χ2n) is 12.8. The van der Waals surface area contributed by atoms with Crippen LogP contribution < -0.4 is 0 Å². The molecule has 2 bridgehead atoms. The molecule has 7 rings (SSSR count). The number of hydrogen-bond donors (Lipinski definition) is 0. The van der Waals surface area contributed by atoms with Gasteiger partial charge >= 0.3 is 0 Å². The zero-order chi connectivity index (χ0) is 32.9. The Balaban J connectivity index is 1.34. The largest absolute Gasteiger partial charge is 0.310 e. The van der Waals surface area contributed by atoms with E-state index in [1.165, 1.54) is 72.7 Å². The first-order valence-corrected chi connectivity index (χ1v) is 17.2. The van der Waals surface area contributed by atoms with Crippen LogP contribution in [0.3, 0.4) is 0 Å². The van der Waals surface area contributed by atoms with E-state index >= 15 is 0 Å². The lowest BCUT2D eigenvalue weighted by molar-refractivity contribution is 1.03. The van der Waals surface area contributed by atoms with Gasteiger partial charge in [-0.05, 0) is 125 Å². The second kappa shape index (κ2) is 14.2. The molecule has 1 heterocycles. The van der Waals surface area contributed by atoms with E-state index in [2.05, 4.69) is 177 Å². The van der Waals surface area contributed by atoms with E-state index in [4.69, 9.17) is 0 Å². The van der Waals surface area contributed by atoms with Gasteiger partial charge in [0.25, 0.3) is 0 Å². The average molecular weight is 622 g/mol. The highest BCUT2D eigenvalue weighted by Gasteiger charge is 2.22. The lowest BCUT2D eigenvalue weighted by atomic mass is 9.85. The van der Waals surface area contributed by atoms with Crippen molar-refractivity contribution in [3.63, 3.8) is 0 Å². The topological polar surface area (TPSA) is 4.93 Å². The standard InChI is InChI=1S/C47H43N/c1-4-17-45-35(3)44-33-39-22-16-15-19-36(39)28-31-46(44)48(45)42-29-26-37(27-30-42)43-25-14-6-5-9-18-34(2)47(38-20-10-7-11-21-38)41-24-13-8-12-23-40(43)32-41/h4,6-7,9-24,26-31H,2,5,8,25,32-33H2,1,3H3/b14-6-,17-4-,18-9-,23-12-,24-13-,43-40+,47-41+. The van der Waals surface area contributed by atoms with Crippen molar-refractivity contribution < 1.29 is 0 Å². The number of hydrogen-bond acceptors (Lipinski definition) is 0. The Morgan fingerprint density at radius 1 is 0.667 bits per heavy atom. The van der Waals surface area contributed by atoms with Gasteiger partial charge in [0.2, 0.25) is 0 Å². The number of allylic oxidation sites excluding steroid dienone is 14. The van der Waals surface area contributed by atoms with E-state index in [1.807, 2.05) is 0 Å². The maximum absolute atomic E-state index is 4.54. The van der Waals surface area contributed by atoms with Crippen molar-refractivity contribution in [2.45, 2.75) is 46.0 Å². The van der Waals surface area contributed by atoms with Gasteiger partial charge in [-0.15, -0.1) is 0 Å². The minimum absolute atomic E-state index is 0.843. The van der Waals surface area contributed by atoms with Crippen molar-refractivity contribution in [2.24, 2.45) is 0 Å². The van der Waals surface area contributed by atoms with Crippen molar-refractivity contribution in [2.75, 3.05) is 0 Å². The SMILES string of the molecule is C=C1/C=C\C/C=C\C/C(c2ccc(-n3c4c(c(C)c3/C=C\C)Cc3ccccc3C=C4)cc2)=C2/C=C\C/C=C\C(=C\1c1ccccc1)C2. The summed E-state index contributed by atoms with van der Waals surface area (Å²) in [5.74, 6) is 0. The summed E-state index contributed by atoms with van der Waals surface area (Å²) in [6.45, 7) is 8.92. The van der Waals surface area contributed by atoms with Gasteiger partial charge in [0.05, 0.1) is 5.69 Å². The molecular weight excluding hydrogens is 579 g/mol. The fourth-order valence-electron chi connectivity index (χ4n) is 7.33. The van der Waals surface area contributed by atoms with Crippen molar-refractivity contribution in [3.05, 3.63) is 202 Å². The molecule has 0 spiro atoms. The molecular formula is C47H43N. The fraction of sp³-hybridized carbons (Fsp3) is 0.149. The van der Waals surface area contributed by atoms with Crippen LogP contribution in [0.1, 0.15) is 77.4 Å². The molecule has 1 nitrogen and oxygen atoms in total. The molecule has 3 aliphatic carbocycles. The third-order valence-corrected chi connectivity index (χ3v) is 9.73. The van der Waals surface area contributed by atoms with Gasteiger partial charge in [0, 0.05) is 17.8 Å². The van der Waals surface area contributed by atoms with Crippen LogP contribution in [-0.2, 0) is 6.42 Å². The van der Waals surface area contributed by atoms with Gasteiger partial charge in [-0.25, -0.2) is 0 Å². The number of rotatable bonds is 4. The van der Waals surface area contributed by atoms with Crippen molar-refractivity contribution in [1.82, 2.24) is 4.57 Å². The summed E-state index contributed by atoms with van der Waals surface area (Å²) in [7, 11) is 0. The minimum Gasteiger partial charge on any atom is -0.310 e. The molecule has 0 amide bonds. The Bertz CT molecular complexity index is 2090. The maximum atomic E-state index is 4.54. The first kappa shape index (κ1) is 31.2. The highest BCUT2D eigenvalue weighted by atomic mass is 15.0. The molecule has 0 saturated carbocycles. The average Bonchev–Trinajstić information content (AvgIpc) is 3.22. The second-order valence-corrected chi connectivity index (χ2v) is 12.8. The molecule has 0 N–H and O–H groups in total. The minimum atomic E-state index is 0.843. The molecule has 3 aromatic carbocycles. The Kier molecular flexibility index (Phi) is 9.20. The summed E-state index contributed by atoms with van der Waals surface area (Å²) in [5.41, 5.74) is 17.9. The fourth-order valence-corrected chi connectivity index (χ4v) is 7.33. The molecule has 0 fully saturated rings. The predicted octanol–water partition coefficient (Wildman–Crippen LogP) is 12.5. The van der Waals surface area contributed by atoms with Gasteiger partial charge in [0.1, 0.15) is 0 Å². The summed E-state index contributed by atoms with van der Waals surface area (Å²) >= 11 is 0. The third-order valence-electron chi connectivity index (χ3n) is 9.73. The van der Waals surface area contributed by atoms with Crippen LogP contribution in [0.4, 0.5) is 0 Å². The summed E-state index contributed by atoms with van der Waals surface area (Å²) < 4.78 is 2.45. The zero-order valence-corrected chi connectivity index (χ0v) is 28.1. The zero-order valence-electron chi connectivity index (χ0n) is 28.1. The van der Waals surface area contributed by atoms with Crippen LogP contribution in [0.25, 0.3) is 35.1 Å². The van der Waals surface area contributed by atoms with Crippen LogP contribution in [0.2, 0.25) is 0 Å². The first-order valence-electron chi connectivity index (χ1n) is 17.2. The molecule has 4 aromatic rings.